The first-order chi connectivity index (χ1) is 14.8. The third kappa shape index (κ3) is 2.82. The summed E-state index contributed by atoms with van der Waals surface area (Å²) in [6, 6.07) is 17.0. The Balaban J connectivity index is 1.49. The summed E-state index contributed by atoms with van der Waals surface area (Å²) >= 11 is 1.77. The number of pyridine rings is 1. The van der Waals surface area contributed by atoms with Gasteiger partial charge in [0.1, 0.15) is 0 Å². The highest BCUT2D eigenvalue weighted by atomic mass is 32.2. The first-order valence-electron chi connectivity index (χ1n) is 10.6. The molecule has 6 rings (SSSR count). The van der Waals surface area contributed by atoms with Gasteiger partial charge >= 0.3 is 0 Å². The van der Waals surface area contributed by atoms with E-state index in [1.54, 1.807) is 11.8 Å². The Bertz CT molecular complexity index is 1260. The maximum absolute atomic E-state index is 5.02. The number of fused-ring (bicyclic) bond motifs is 3. The van der Waals surface area contributed by atoms with Gasteiger partial charge in [-0.15, -0.1) is 10.2 Å². The minimum atomic E-state index is 0.763. The van der Waals surface area contributed by atoms with Crippen molar-refractivity contribution < 1.29 is 0 Å². The number of para-hydroxylation sites is 1. The maximum Gasteiger partial charge on any atom is 0.194 e. The van der Waals surface area contributed by atoms with Crippen LogP contribution in [0.1, 0.15) is 29.7 Å². The van der Waals surface area contributed by atoms with E-state index in [0.717, 1.165) is 47.4 Å². The van der Waals surface area contributed by atoms with Crippen LogP contribution in [0.2, 0.25) is 0 Å². The summed E-state index contributed by atoms with van der Waals surface area (Å²) in [6.45, 7) is 2.90. The van der Waals surface area contributed by atoms with Gasteiger partial charge in [-0.25, -0.2) is 0 Å². The van der Waals surface area contributed by atoms with Crippen molar-refractivity contribution >= 4 is 28.4 Å². The Hall–Kier alpha value is -2.86. The summed E-state index contributed by atoms with van der Waals surface area (Å²) in [6.07, 6.45) is 4.68. The zero-order valence-electron chi connectivity index (χ0n) is 17.0. The smallest absolute Gasteiger partial charge is 0.194 e. The average molecular weight is 414 g/mol. The Morgan fingerprint density at radius 2 is 1.77 bits per heavy atom. The Morgan fingerprint density at radius 3 is 2.70 bits per heavy atom. The summed E-state index contributed by atoms with van der Waals surface area (Å²) in [5, 5.41) is 11.3. The average Bonchev–Trinajstić information content (AvgIpc) is 3.21. The van der Waals surface area contributed by atoms with Gasteiger partial charge in [-0.05, 0) is 49.8 Å². The lowest BCUT2D eigenvalue weighted by molar-refractivity contribution is 0.601. The van der Waals surface area contributed by atoms with E-state index in [-0.39, 0.29) is 0 Å². The molecule has 0 bridgehead atoms. The highest BCUT2D eigenvalue weighted by Gasteiger charge is 2.28. The second kappa shape index (κ2) is 7.13. The van der Waals surface area contributed by atoms with Crippen LogP contribution in [-0.4, -0.2) is 25.6 Å². The van der Waals surface area contributed by atoms with E-state index in [0.29, 0.717) is 0 Å². The molecule has 0 atom stereocenters. The van der Waals surface area contributed by atoms with Gasteiger partial charge in [-0.1, -0.05) is 54.2 Å². The minimum absolute atomic E-state index is 0.763. The van der Waals surface area contributed by atoms with E-state index in [1.807, 2.05) is 0 Å². The predicted molar refractivity (Wildman–Crippen MR) is 122 cm³/mol. The fraction of sp³-hybridized carbons (Fsp3) is 0.292. The fourth-order valence-corrected chi connectivity index (χ4v) is 5.62. The number of hydrogen-bond donors (Lipinski definition) is 0. The van der Waals surface area contributed by atoms with Crippen LogP contribution in [0.15, 0.2) is 53.7 Å². The summed E-state index contributed by atoms with van der Waals surface area (Å²) in [7, 11) is 0. The van der Waals surface area contributed by atoms with Gasteiger partial charge in [-0.3, -0.25) is 9.55 Å². The topological polar surface area (TPSA) is 46.8 Å². The summed E-state index contributed by atoms with van der Waals surface area (Å²) in [5.41, 5.74) is 7.56. The zero-order chi connectivity index (χ0) is 20.1. The van der Waals surface area contributed by atoms with Crippen molar-refractivity contribution in [2.24, 2.45) is 0 Å². The van der Waals surface area contributed by atoms with E-state index in [4.69, 9.17) is 4.98 Å². The van der Waals surface area contributed by atoms with E-state index >= 15 is 0 Å². The van der Waals surface area contributed by atoms with Crippen LogP contribution >= 0.6 is 11.8 Å². The first-order valence-corrected chi connectivity index (χ1v) is 11.6. The molecule has 5 nitrogen and oxygen atoms in total. The van der Waals surface area contributed by atoms with Crippen LogP contribution in [-0.2, 0) is 19.5 Å². The van der Waals surface area contributed by atoms with E-state index in [1.165, 1.54) is 40.7 Å². The van der Waals surface area contributed by atoms with E-state index in [2.05, 4.69) is 75.1 Å². The van der Waals surface area contributed by atoms with Crippen LogP contribution in [0.4, 0.5) is 5.69 Å². The van der Waals surface area contributed by atoms with Gasteiger partial charge in [0, 0.05) is 16.6 Å². The number of aromatic nitrogens is 4. The molecule has 0 unspecified atom stereocenters. The highest BCUT2D eigenvalue weighted by molar-refractivity contribution is 7.99. The molecule has 30 heavy (non-hydrogen) atoms. The Morgan fingerprint density at radius 1 is 0.933 bits per heavy atom. The largest absolute Gasteiger partial charge is 0.343 e. The molecule has 0 amide bonds. The molecule has 0 N–H and O–H groups in total. The molecule has 0 radical (unpaired) electrons. The molecule has 1 aliphatic carbocycles. The lowest BCUT2D eigenvalue weighted by Gasteiger charge is -2.34. The van der Waals surface area contributed by atoms with Crippen molar-refractivity contribution in [3.63, 3.8) is 0 Å². The number of aryl methyl sites for hydroxylation is 2. The molecule has 1 aliphatic heterocycles. The molecule has 0 spiro atoms. The highest BCUT2D eigenvalue weighted by Crippen LogP contribution is 2.40. The molecule has 2 aliphatic rings. The molecule has 4 aromatic rings. The number of hydrogen-bond acceptors (Lipinski definition) is 5. The summed E-state index contributed by atoms with van der Waals surface area (Å²) in [5.74, 6) is 1.83. The first kappa shape index (κ1) is 18.0. The van der Waals surface area contributed by atoms with Gasteiger partial charge in [0.05, 0.1) is 23.7 Å². The molecule has 150 valence electrons. The van der Waals surface area contributed by atoms with Crippen molar-refractivity contribution in [1.29, 1.82) is 0 Å². The number of anilines is 1. The van der Waals surface area contributed by atoms with Crippen LogP contribution < -0.4 is 4.90 Å². The molecular formula is C24H23N5S. The van der Waals surface area contributed by atoms with Crippen LogP contribution in [0.5, 0.6) is 0 Å². The fourth-order valence-electron chi connectivity index (χ4n) is 4.74. The number of rotatable bonds is 2. The molecule has 2 aromatic carbocycles. The van der Waals surface area contributed by atoms with Crippen molar-refractivity contribution in [2.45, 2.75) is 44.4 Å². The maximum atomic E-state index is 5.02. The van der Waals surface area contributed by atoms with Gasteiger partial charge in [0.15, 0.2) is 11.0 Å². The van der Waals surface area contributed by atoms with E-state index < -0.39 is 0 Å². The predicted octanol–water partition coefficient (Wildman–Crippen LogP) is 5.21. The second-order valence-corrected chi connectivity index (χ2v) is 9.03. The molecular weight excluding hydrogens is 390 g/mol. The number of benzene rings is 2. The Labute approximate surface area is 180 Å². The van der Waals surface area contributed by atoms with Crippen molar-refractivity contribution in [3.05, 3.63) is 65.4 Å². The number of nitrogens with zero attached hydrogens (tertiary/aromatic N) is 5. The van der Waals surface area contributed by atoms with Crippen LogP contribution in [0.3, 0.4) is 0 Å². The second-order valence-electron chi connectivity index (χ2n) is 8.11. The van der Waals surface area contributed by atoms with Crippen molar-refractivity contribution in [1.82, 2.24) is 19.7 Å². The molecule has 3 heterocycles. The molecule has 6 heteroatoms. The molecule has 0 saturated heterocycles. The van der Waals surface area contributed by atoms with Gasteiger partial charge in [0.2, 0.25) is 0 Å². The zero-order valence-corrected chi connectivity index (χ0v) is 17.8. The third-order valence-corrected chi connectivity index (χ3v) is 7.22. The van der Waals surface area contributed by atoms with Crippen molar-refractivity contribution in [2.75, 3.05) is 10.8 Å². The lowest BCUT2D eigenvalue weighted by Crippen LogP contribution is -2.32. The normalized spacial score (nSPS) is 15.8. The summed E-state index contributed by atoms with van der Waals surface area (Å²) in [4.78, 5) is 7.51. The SMILES string of the molecule is Cc1ccccc1-c1nnc2n1CN(c1c3c(nc4ccccc14)CCCC3)CS2. The van der Waals surface area contributed by atoms with E-state index in [9.17, 15) is 0 Å². The molecule has 2 aromatic heterocycles. The molecule has 0 fully saturated rings. The van der Waals surface area contributed by atoms with Gasteiger partial charge in [0.25, 0.3) is 0 Å². The summed E-state index contributed by atoms with van der Waals surface area (Å²) < 4.78 is 2.26. The third-order valence-electron chi connectivity index (χ3n) is 6.22. The van der Waals surface area contributed by atoms with Crippen LogP contribution in [0, 0.1) is 6.92 Å². The van der Waals surface area contributed by atoms with Crippen LogP contribution in [0.25, 0.3) is 22.3 Å². The number of thioether (sulfide) groups is 1. The quantitative estimate of drug-likeness (QED) is 0.452. The monoisotopic (exact) mass is 413 g/mol. The molecule has 0 saturated carbocycles. The minimum Gasteiger partial charge on any atom is -0.343 e. The lowest BCUT2D eigenvalue weighted by atomic mass is 9.92. The van der Waals surface area contributed by atoms with Gasteiger partial charge in [-0.2, -0.15) is 0 Å². The standard InChI is InChI=1S/C24H23N5S/c1-16-8-2-3-9-17(16)23-26-27-24-29(23)14-28(15-30-24)22-18-10-4-6-12-20(18)25-21-13-7-5-11-19(21)22/h2-4,6,8-10,12H,5,7,11,13-15H2,1H3. The Kier molecular flexibility index (Phi) is 4.27. The van der Waals surface area contributed by atoms with Gasteiger partial charge < -0.3 is 4.90 Å². The van der Waals surface area contributed by atoms with Crippen molar-refractivity contribution in [3.8, 4) is 11.4 Å².